The van der Waals surface area contributed by atoms with Crippen molar-refractivity contribution in [2.24, 2.45) is 0 Å². The van der Waals surface area contributed by atoms with E-state index < -0.39 is 55.8 Å². The zero-order valence-corrected chi connectivity index (χ0v) is 14.2. The van der Waals surface area contributed by atoms with E-state index in [0.29, 0.717) is 12.1 Å². The van der Waals surface area contributed by atoms with Crippen LogP contribution in [0.1, 0.15) is 5.56 Å². The lowest BCUT2D eigenvalue weighted by atomic mass is 10.1. The number of nitro benzene ring substituents is 2. The second kappa shape index (κ2) is 7.62. The van der Waals surface area contributed by atoms with Crippen molar-refractivity contribution in [1.29, 1.82) is 0 Å². The van der Waals surface area contributed by atoms with Crippen LogP contribution >= 0.6 is 11.6 Å². The Morgan fingerprint density at radius 1 is 0.966 bits per heavy atom. The first-order valence-electron chi connectivity index (χ1n) is 7.05. The van der Waals surface area contributed by atoms with Crippen molar-refractivity contribution in [2.75, 3.05) is 5.32 Å². The molecule has 0 bridgehead atoms. The summed E-state index contributed by atoms with van der Waals surface area (Å²) in [6.45, 7) is 0. The molecule has 0 amide bonds. The van der Waals surface area contributed by atoms with Crippen LogP contribution in [0.25, 0.3) is 0 Å². The van der Waals surface area contributed by atoms with Gasteiger partial charge in [0.05, 0.1) is 26.5 Å². The highest BCUT2D eigenvalue weighted by Crippen LogP contribution is 2.44. The number of ether oxygens (including phenoxy) is 1. The number of anilines is 2. The Kier molecular flexibility index (Phi) is 5.78. The Morgan fingerprint density at radius 2 is 1.59 bits per heavy atom. The number of non-ortho nitro benzene ring substituents is 1. The third-order valence-corrected chi connectivity index (χ3v) is 3.54. The summed E-state index contributed by atoms with van der Waals surface area (Å²) in [5.74, 6) is -0.862. The van der Waals surface area contributed by atoms with Gasteiger partial charge in [-0.25, -0.2) is 0 Å². The van der Waals surface area contributed by atoms with Gasteiger partial charge in [0.25, 0.3) is 11.4 Å². The number of nitrogens with one attached hydrogen (secondary N) is 1. The van der Waals surface area contributed by atoms with Crippen LogP contribution in [0.5, 0.6) is 5.75 Å². The predicted octanol–water partition coefficient (Wildman–Crippen LogP) is 5.82. The number of halogens is 7. The van der Waals surface area contributed by atoms with Gasteiger partial charge >= 0.3 is 12.5 Å². The minimum atomic E-state index is -5.23. The second-order valence-electron chi connectivity index (χ2n) is 5.22. The van der Waals surface area contributed by atoms with E-state index in [2.05, 4.69) is 4.74 Å². The third-order valence-electron chi connectivity index (χ3n) is 3.24. The number of alkyl halides is 6. The summed E-state index contributed by atoms with van der Waals surface area (Å²) in [7, 11) is 0. The average molecular weight is 446 g/mol. The zero-order chi connectivity index (χ0) is 22.1. The van der Waals surface area contributed by atoms with E-state index in [1.165, 1.54) is 0 Å². The molecule has 0 unspecified atom stereocenters. The first kappa shape index (κ1) is 22.0. The van der Waals surface area contributed by atoms with E-state index in [0.717, 1.165) is 12.1 Å². The van der Waals surface area contributed by atoms with E-state index in [1.807, 2.05) is 5.32 Å². The average Bonchev–Trinajstić information content (AvgIpc) is 2.54. The number of hydrogen-bond acceptors (Lipinski definition) is 6. The molecule has 0 aliphatic heterocycles. The van der Waals surface area contributed by atoms with Crippen molar-refractivity contribution in [1.82, 2.24) is 0 Å². The van der Waals surface area contributed by atoms with E-state index in [-0.39, 0.29) is 11.8 Å². The topological polar surface area (TPSA) is 108 Å². The summed E-state index contributed by atoms with van der Waals surface area (Å²) in [5.41, 5.74) is -5.72. The Labute approximate surface area is 160 Å². The van der Waals surface area contributed by atoms with Gasteiger partial charge in [0.15, 0.2) is 0 Å². The van der Waals surface area contributed by atoms with Crippen molar-refractivity contribution in [3.05, 3.63) is 61.1 Å². The molecule has 2 rings (SSSR count). The van der Waals surface area contributed by atoms with Crippen molar-refractivity contribution in [3.63, 3.8) is 0 Å². The molecule has 156 valence electrons. The summed E-state index contributed by atoms with van der Waals surface area (Å²) in [6, 6.07) is 2.60. The fourth-order valence-corrected chi connectivity index (χ4v) is 2.37. The highest BCUT2D eigenvalue weighted by atomic mass is 35.5. The fraction of sp³-hybridized carbons (Fsp3) is 0.143. The molecule has 1 N–H and O–H groups in total. The van der Waals surface area contributed by atoms with E-state index in [1.54, 1.807) is 0 Å². The lowest BCUT2D eigenvalue weighted by molar-refractivity contribution is -0.394. The summed E-state index contributed by atoms with van der Waals surface area (Å²) in [4.78, 5) is 19.4. The van der Waals surface area contributed by atoms with Crippen molar-refractivity contribution in [3.8, 4) is 5.75 Å². The molecule has 15 heteroatoms. The molecule has 0 aromatic heterocycles. The largest absolute Gasteiger partial charge is 0.573 e. The molecular formula is C14H6ClF6N3O5. The molecule has 0 aliphatic carbocycles. The first-order chi connectivity index (χ1) is 13.2. The second-order valence-corrected chi connectivity index (χ2v) is 5.62. The molecular weight excluding hydrogens is 440 g/mol. The maximum atomic E-state index is 13.3. The van der Waals surface area contributed by atoms with Crippen LogP contribution in [-0.2, 0) is 6.18 Å². The van der Waals surface area contributed by atoms with E-state index >= 15 is 0 Å². The normalized spacial score (nSPS) is 11.8. The van der Waals surface area contributed by atoms with Crippen LogP contribution in [-0.4, -0.2) is 16.2 Å². The van der Waals surface area contributed by atoms with Crippen LogP contribution in [0.3, 0.4) is 0 Å². The molecule has 0 spiro atoms. The van der Waals surface area contributed by atoms with Crippen LogP contribution in [0.15, 0.2) is 30.3 Å². The SMILES string of the molecule is O=[N+]([O-])c1cc([N+](=O)[O-])c(Nc2ccc(OC(F)(F)F)c(Cl)c2)c(C(F)(F)F)c1. The molecule has 0 heterocycles. The number of benzene rings is 2. The number of hydrogen-bond donors (Lipinski definition) is 1. The van der Waals surface area contributed by atoms with Gasteiger partial charge in [-0.15, -0.1) is 13.2 Å². The number of rotatable bonds is 5. The van der Waals surface area contributed by atoms with Gasteiger partial charge in [-0.3, -0.25) is 20.2 Å². The van der Waals surface area contributed by atoms with Crippen molar-refractivity contribution >= 4 is 34.4 Å². The summed E-state index contributed by atoms with van der Waals surface area (Å²) in [5, 5.41) is 23.3. The van der Waals surface area contributed by atoms with E-state index in [9.17, 15) is 46.6 Å². The molecule has 2 aromatic rings. The summed E-state index contributed by atoms with van der Waals surface area (Å²) >= 11 is 5.59. The Balaban J connectivity index is 2.58. The maximum absolute atomic E-state index is 13.3. The van der Waals surface area contributed by atoms with Gasteiger partial charge in [0, 0.05) is 11.8 Å². The Hall–Kier alpha value is -3.29. The minimum absolute atomic E-state index is 0.0814. The molecule has 0 fully saturated rings. The molecule has 29 heavy (non-hydrogen) atoms. The Morgan fingerprint density at radius 3 is 2.03 bits per heavy atom. The molecule has 0 saturated heterocycles. The van der Waals surface area contributed by atoms with Gasteiger partial charge in [-0.1, -0.05) is 11.6 Å². The highest BCUT2D eigenvalue weighted by molar-refractivity contribution is 6.32. The molecule has 0 aliphatic rings. The van der Waals surface area contributed by atoms with Gasteiger partial charge in [-0.2, -0.15) is 13.2 Å². The first-order valence-corrected chi connectivity index (χ1v) is 7.43. The lowest BCUT2D eigenvalue weighted by Gasteiger charge is -2.16. The van der Waals surface area contributed by atoms with Crippen molar-refractivity contribution < 1.29 is 40.9 Å². The van der Waals surface area contributed by atoms with Gasteiger partial charge < -0.3 is 10.1 Å². The molecule has 0 saturated carbocycles. The third kappa shape index (κ3) is 5.37. The lowest BCUT2D eigenvalue weighted by Crippen LogP contribution is -2.17. The maximum Gasteiger partial charge on any atom is 0.573 e. The van der Waals surface area contributed by atoms with Gasteiger partial charge in [0.1, 0.15) is 11.4 Å². The molecule has 0 radical (unpaired) electrons. The van der Waals surface area contributed by atoms with E-state index in [4.69, 9.17) is 11.6 Å². The monoisotopic (exact) mass is 445 g/mol. The van der Waals surface area contributed by atoms with Crippen LogP contribution in [0, 0.1) is 20.2 Å². The van der Waals surface area contributed by atoms with Crippen LogP contribution in [0.2, 0.25) is 5.02 Å². The molecule has 8 nitrogen and oxygen atoms in total. The quantitative estimate of drug-likeness (QED) is 0.353. The highest BCUT2D eigenvalue weighted by Gasteiger charge is 2.40. The number of nitrogens with zero attached hydrogens (tertiary/aromatic N) is 2. The van der Waals surface area contributed by atoms with Crippen LogP contribution < -0.4 is 10.1 Å². The van der Waals surface area contributed by atoms with Gasteiger partial charge in [0.2, 0.25) is 0 Å². The summed E-state index contributed by atoms with van der Waals surface area (Å²) in [6.07, 6.45) is -10.3. The van der Waals surface area contributed by atoms with Crippen LogP contribution in [0.4, 0.5) is 49.1 Å². The van der Waals surface area contributed by atoms with Crippen molar-refractivity contribution in [2.45, 2.75) is 12.5 Å². The molecule has 2 aromatic carbocycles. The fourth-order valence-electron chi connectivity index (χ4n) is 2.15. The Bertz CT molecular complexity index is 979. The smallest absolute Gasteiger partial charge is 0.404 e. The minimum Gasteiger partial charge on any atom is -0.404 e. The zero-order valence-electron chi connectivity index (χ0n) is 13.5. The summed E-state index contributed by atoms with van der Waals surface area (Å²) < 4.78 is 80.3. The standard InChI is InChI=1S/C14H6ClF6N3O5/c15-9-3-6(1-2-11(9)29-14(19,20)21)22-12-8(13(16,17)18)4-7(23(25)26)5-10(12)24(27)28/h1-5,22H. The number of nitro groups is 2. The molecule has 0 atom stereocenters. The predicted molar refractivity (Wildman–Crippen MR) is 86.2 cm³/mol. The van der Waals surface area contributed by atoms with Gasteiger partial charge in [-0.05, 0) is 18.2 Å².